The summed E-state index contributed by atoms with van der Waals surface area (Å²) >= 11 is 3.42. The molecule has 4 nitrogen and oxygen atoms in total. The topological polar surface area (TPSA) is 63.9 Å². The maximum absolute atomic E-state index is 6.02. The molecule has 0 saturated carbocycles. The highest BCUT2D eigenvalue weighted by atomic mass is 79.9. The molecule has 0 amide bonds. The average Bonchev–Trinajstić information content (AvgIpc) is 2.69. The van der Waals surface area contributed by atoms with E-state index in [2.05, 4.69) is 25.9 Å². The van der Waals surface area contributed by atoms with Crippen molar-refractivity contribution in [1.29, 1.82) is 0 Å². The van der Waals surface area contributed by atoms with Gasteiger partial charge in [0.15, 0.2) is 0 Å². The van der Waals surface area contributed by atoms with Crippen molar-refractivity contribution < 1.29 is 4.74 Å². The van der Waals surface area contributed by atoms with Gasteiger partial charge < -0.3 is 15.5 Å². The van der Waals surface area contributed by atoms with E-state index in [1.165, 1.54) is 0 Å². The average molecular weight is 284 g/mol. The Morgan fingerprint density at radius 2 is 2.25 bits per heavy atom. The van der Waals surface area contributed by atoms with Crippen LogP contribution in [-0.2, 0) is 4.74 Å². The van der Waals surface area contributed by atoms with Crippen LogP contribution in [0.25, 0.3) is 11.0 Å². The Balaban J connectivity index is 2.39. The molecule has 0 aliphatic carbocycles. The number of rotatable bonds is 3. The summed E-state index contributed by atoms with van der Waals surface area (Å²) < 4.78 is 6.21. The lowest BCUT2D eigenvalue weighted by Crippen LogP contribution is -2.26. The summed E-state index contributed by atoms with van der Waals surface area (Å²) in [4.78, 5) is 7.65. The molecular formula is C11H14BrN3O. The molecule has 0 unspecified atom stereocenters. The molecule has 0 saturated heterocycles. The Bertz CT molecular complexity index is 497. The van der Waals surface area contributed by atoms with Crippen molar-refractivity contribution in [3.63, 3.8) is 0 Å². The van der Waals surface area contributed by atoms with Crippen LogP contribution in [-0.4, -0.2) is 23.2 Å². The van der Waals surface area contributed by atoms with E-state index in [1.807, 2.05) is 25.1 Å². The van der Waals surface area contributed by atoms with Crippen molar-refractivity contribution in [1.82, 2.24) is 9.97 Å². The van der Waals surface area contributed by atoms with Crippen LogP contribution in [0.3, 0.4) is 0 Å². The van der Waals surface area contributed by atoms with Crippen molar-refractivity contribution in [3.8, 4) is 0 Å². The first-order valence-corrected chi connectivity index (χ1v) is 5.84. The maximum Gasteiger partial charge on any atom is 0.126 e. The van der Waals surface area contributed by atoms with Gasteiger partial charge in [0.2, 0.25) is 0 Å². The molecule has 1 heterocycles. The minimum atomic E-state index is -0.240. The monoisotopic (exact) mass is 283 g/mol. The maximum atomic E-state index is 6.02. The van der Waals surface area contributed by atoms with Crippen LogP contribution in [0, 0.1) is 0 Å². The standard InChI is InChI=1S/C11H14BrN3O/c1-6(16-2)10(13)11-14-8-4-3-7(12)5-9(8)15-11/h3-6,10H,13H2,1-2H3,(H,14,15)/t6-,10-/m1/s1. The Labute approximate surface area is 102 Å². The molecule has 0 spiro atoms. The molecule has 86 valence electrons. The lowest BCUT2D eigenvalue weighted by molar-refractivity contribution is 0.0935. The van der Waals surface area contributed by atoms with Gasteiger partial charge in [-0.2, -0.15) is 0 Å². The summed E-state index contributed by atoms with van der Waals surface area (Å²) in [5.74, 6) is 0.752. The number of nitrogens with zero attached hydrogens (tertiary/aromatic N) is 1. The number of benzene rings is 1. The summed E-state index contributed by atoms with van der Waals surface area (Å²) in [6, 6.07) is 5.65. The molecule has 1 aromatic heterocycles. The fraction of sp³-hybridized carbons (Fsp3) is 0.364. The minimum absolute atomic E-state index is 0.0657. The molecule has 2 atom stereocenters. The lowest BCUT2D eigenvalue weighted by Gasteiger charge is -2.15. The smallest absolute Gasteiger partial charge is 0.126 e. The number of imidazole rings is 1. The van der Waals surface area contributed by atoms with Gasteiger partial charge in [-0.3, -0.25) is 0 Å². The van der Waals surface area contributed by atoms with E-state index in [0.717, 1.165) is 21.3 Å². The van der Waals surface area contributed by atoms with E-state index >= 15 is 0 Å². The second-order valence-electron chi connectivity index (χ2n) is 3.75. The Morgan fingerprint density at radius 1 is 1.50 bits per heavy atom. The van der Waals surface area contributed by atoms with Gasteiger partial charge in [-0.1, -0.05) is 15.9 Å². The SMILES string of the molecule is CO[C@H](C)[C@@H](N)c1nc2ccc(Br)cc2[nH]1. The van der Waals surface area contributed by atoms with Gasteiger partial charge in [-0.05, 0) is 25.1 Å². The molecule has 0 fully saturated rings. The van der Waals surface area contributed by atoms with Crippen molar-refractivity contribution in [2.45, 2.75) is 19.1 Å². The molecule has 3 N–H and O–H groups in total. The molecule has 1 aromatic carbocycles. The first-order chi connectivity index (χ1) is 7.61. The number of aromatic nitrogens is 2. The number of hydrogen-bond donors (Lipinski definition) is 2. The van der Waals surface area contributed by atoms with Gasteiger partial charge in [-0.25, -0.2) is 4.98 Å². The van der Waals surface area contributed by atoms with Crippen molar-refractivity contribution in [3.05, 3.63) is 28.5 Å². The van der Waals surface area contributed by atoms with Crippen LogP contribution >= 0.6 is 15.9 Å². The lowest BCUT2D eigenvalue weighted by atomic mass is 10.2. The van der Waals surface area contributed by atoms with Gasteiger partial charge in [0.25, 0.3) is 0 Å². The van der Waals surface area contributed by atoms with Gasteiger partial charge in [-0.15, -0.1) is 0 Å². The highest BCUT2D eigenvalue weighted by Crippen LogP contribution is 2.21. The predicted molar refractivity (Wildman–Crippen MR) is 67.2 cm³/mol. The summed E-state index contributed by atoms with van der Waals surface area (Å²) in [5.41, 5.74) is 7.91. The van der Waals surface area contributed by atoms with Crippen LogP contribution in [0.5, 0.6) is 0 Å². The van der Waals surface area contributed by atoms with Crippen molar-refractivity contribution in [2.75, 3.05) is 7.11 Å². The van der Waals surface area contributed by atoms with Gasteiger partial charge in [0.1, 0.15) is 5.82 Å². The fourth-order valence-electron chi connectivity index (χ4n) is 1.53. The molecule has 0 aliphatic heterocycles. The summed E-state index contributed by atoms with van der Waals surface area (Å²) in [6.45, 7) is 1.92. The zero-order valence-corrected chi connectivity index (χ0v) is 10.8. The number of H-pyrrole nitrogens is 1. The third kappa shape index (κ3) is 2.11. The van der Waals surface area contributed by atoms with Crippen molar-refractivity contribution >= 4 is 27.0 Å². The van der Waals surface area contributed by atoms with E-state index in [4.69, 9.17) is 10.5 Å². The Morgan fingerprint density at radius 3 is 2.94 bits per heavy atom. The molecule has 0 bridgehead atoms. The molecule has 2 aromatic rings. The first kappa shape index (κ1) is 11.6. The van der Waals surface area contributed by atoms with Crippen LogP contribution in [0.4, 0.5) is 0 Å². The third-order valence-electron chi connectivity index (χ3n) is 2.66. The van der Waals surface area contributed by atoms with Crippen molar-refractivity contribution in [2.24, 2.45) is 5.73 Å². The molecule has 5 heteroatoms. The number of ether oxygens (including phenoxy) is 1. The van der Waals surface area contributed by atoms with Gasteiger partial charge in [0.05, 0.1) is 23.2 Å². The summed E-state index contributed by atoms with van der Waals surface area (Å²) in [6.07, 6.45) is -0.0657. The fourth-order valence-corrected chi connectivity index (χ4v) is 1.89. The van der Waals surface area contributed by atoms with Crippen LogP contribution in [0.15, 0.2) is 22.7 Å². The highest BCUT2D eigenvalue weighted by molar-refractivity contribution is 9.10. The number of aromatic amines is 1. The molecule has 2 rings (SSSR count). The normalized spacial score (nSPS) is 15.2. The largest absolute Gasteiger partial charge is 0.380 e. The Hall–Kier alpha value is -0.910. The number of nitrogens with two attached hydrogens (primary N) is 1. The van der Waals surface area contributed by atoms with E-state index < -0.39 is 0 Å². The van der Waals surface area contributed by atoms with Crippen LogP contribution in [0.2, 0.25) is 0 Å². The predicted octanol–water partition coefficient (Wildman–Crippen LogP) is 2.36. The second kappa shape index (κ2) is 4.53. The number of hydrogen-bond acceptors (Lipinski definition) is 3. The molecular weight excluding hydrogens is 270 g/mol. The van der Waals surface area contributed by atoms with Crippen LogP contribution in [0.1, 0.15) is 18.8 Å². The van der Waals surface area contributed by atoms with Crippen LogP contribution < -0.4 is 5.73 Å². The van der Waals surface area contributed by atoms with E-state index in [9.17, 15) is 0 Å². The highest BCUT2D eigenvalue weighted by Gasteiger charge is 2.17. The molecule has 0 radical (unpaired) electrons. The quantitative estimate of drug-likeness (QED) is 0.909. The zero-order chi connectivity index (χ0) is 11.7. The van der Waals surface area contributed by atoms with Gasteiger partial charge >= 0.3 is 0 Å². The number of nitrogens with one attached hydrogen (secondary N) is 1. The zero-order valence-electron chi connectivity index (χ0n) is 9.20. The van der Waals surface area contributed by atoms with E-state index in [1.54, 1.807) is 7.11 Å². The van der Waals surface area contributed by atoms with Gasteiger partial charge in [0, 0.05) is 11.6 Å². The third-order valence-corrected chi connectivity index (χ3v) is 3.15. The second-order valence-corrected chi connectivity index (χ2v) is 4.67. The molecule has 16 heavy (non-hydrogen) atoms. The summed E-state index contributed by atoms with van der Waals surface area (Å²) in [7, 11) is 1.64. The summed E-state index contributed by atoms with van der Waals surface area (Å²) in [5, 5.41) is 0. The van der Waals surface area contributed by atoms with E-state index in [0.29, 0.717) is 0 Å². The number of fused-ring (bicyclic) bond motifs is 1. The first-order valence-electron chi connectivity index (χ1n) is 5.05. The number of methoxy groups -OCH3 is 1. The van der Waals surface area contributed by atoms with E-state index in [-0.39, 0.29) is 12.1 Å². The molecule has 0 aliphatic rings. The number of halogens is 1. The minimum Gasteiger partial charge on any atom is -0.380 e. The Kier molecular flexibility index (Phi) is 3.28.